The Morgan fingerprint density at radius 2 is 1.88 bits per heavy atom. The maximum atomic E-state index is 5.59. The number of amidine groups is 1. The highest BCUT2D eigenvalue weighted by molar-refractivity contribution is 6.09. The third-order valence-corrected chi connectivity index (χ3v) is 4.91. The molecule has 5 heteroatoms. The quantitative estimate of drug-likeness (QED) is 0.897. The van der Waals surface area contributed by atoms with Gasteiger partial charge in [-0.25, -0.2) is 0 Å². The van der Waals surface area contributed by atoms with Crippen LogP contribution in [0, 0.1) is 0 Å². The molecule has 0 aromatic heterocycles. The summed E-state index contributed by atoms with van der Waals surface area (Å²) < 4.78 is 10.9. The Hall–Kier alpha value is -2.53. The molecule has 1 fully saturated rings. The van der Waals surface area contributed by atoms with Crippen LogP contribution in [-0.4, -0.2) is 31.7 Å². The number of nitrogens with zero attached hydrogens (tertiary/aromatic N) is 1. The summed E-state index contributed by atoms with van der Waals surface area (Å²) in [4.78, 5) is 4.94. The number of para-hydroxylation sites is 2. The maximum absolute atomic E-state index is 5.59. The standard InChI is InChI=1S/C20H23N3O2/c1-24-16-6-4-5-15(13-16)14-21-19-20(9-11-25-12-10-20)23-18-8-3-2-7-17(18)22-19/h2-8,13,23H,9-12,14H2,1H3,(H,21,22). The van der Waals surface area contributed by atoms with E-state index in [4.69, 9.17) is 14.5 Å². The van der Waals surface area contributed by atoms with Crippen LogP contribution in [0.3, 0.4) is 0 Å². The zero-order valence-electron chi connectivity index (χ0n) is 14.4. The SMILES string of the molecule is COc1cccc(CN=C2Nc3ccccc3NC23CCOCC3)c1. The first-order valence-electron chi connectivity index (χ1n) is 8.69. The first-order valence-corrected chi connectivity index (χ1v) is 8.69. The van der Waals surface area contributed by atoms with Crippen molar-refractivity contribution in [1.82, 2.24) is 0 Å². The van der Waals surface area contributed by atoms with E-state index in [1.807, 2.05) is 24.3 Å². The van der Waals surface area contributed by atoms with Crippen LogP contribution in [0.25, 0.3) is 0 Å². The Balaban J connectivity index is 1.65. The molecule has 25 heavy (non-hydrogen) atoms. The van der Waals surface area contributed by atoms with Crippen molar-refractivity contribution in [2.75, 3.05) is 31.0 Å². The molecule has 1 saturated heterocycles. The average Bonchev–Trinajstić information content (AvgIpc) is 2.67. The number of anilines is 2. The van der Waals surface area contributed by atoms with Crippen molar-refractivity contribution in [3.63, 3.8) is 0 Å². The third kappa shape index (κ3) is 3.20. The van der Waals surface area contributed by atoms with Gasteiger partial charge in [0.05, 0.1) is 30.6 Å². The molecule has 0 unspecified atom stereocenters. The zero-order valence-corrected chi connectivity index (χ0v) is 14.4. The molecular formula is C20H23N3O2. The lowest BCUT2D eigenvalue weighted by molar-refractivity contribution is 0.0778. The smallest absolute Gasteiger partial charge is 0.127 e. The van der Waals surface area contributed by atoms with E-state index in [2.05, 4.69) is 34.9 Å². The van der Waals surface area contributed by atoms with Gasteiger partial charge in [0.2, 0.25) is 0 Å². The lowest BCUT2D eigenvalue weighted by Crippen LogP contribution is -2.55. The van der Waals surface area contributed by atoms with E-state index >= 15 is 0 Å². The van der Waals surface area contributed by atoms with Crippen molar-refractivity contribution >= 4 is 17.2 Å². The van der Waals surface area contributed by atoms with E-state index in [9.17, 15) is 0 Å². The molecule has 0 bridgehead atoms. The minimum atomic E-state index is -0.175. The summed E-state index contributed by atoms with van der Waals surface area (Å²) in [6.45, 7) is 2.11. The van der Waals surface area contributed by atoms with E-state index < -0.39 is 0 Å². The molecule has 2 aliphatic heterocycles. The summed E-state index contributed by atoms with van der Waals surface area (Å²) in [5.41, 5.74) is 3.16. The predicted octanol–water partition coefficient (Wildman–Crippen LogP) is 3.68. The van der Waals surface area contributed by atoms with E-state index in [-0.39, 0.29) is 5.54 Å². The number of methoxy groups -OCH3 is 1. The van der Waals surface area contributed by atoms with Crippen LogP contribution in [0.2, 0.25) is 0 Å². The van der Waals surface area contributed by atoms with E-state index in [1.165, 1.54) is 0 Å². The van der Waals surface area contributed by atoms with Gasteiger partial charge >= 0.3 is 0 Å². The second-order valence-electron chi connectivity index (χ2n) is 6.51. The largest absolute Gasteiger partial charge is 0.497 e. The lowest BCUT2D eigenvalue weighted by atomic mass is 9.86. The zero-order chi connectivity index (χ0) is 17.1. The second-order valence-corrected chi connectivity index (χ2v) is 6.51. The van der Waals surface area contributed by atoms with Crippen LogP contribution < -0.4 is 15.4 Å². The summed E-state index contributed by atoms with van der Waals surface area (Å²) in [6, 6.07) is 16.3. The third-order valence-electron chi connectivity index (χ3n) is 4.91. The normalized spacial score (nSPS) is 19.8. The van der Waals surface area contributed by atoms with Gasteiger partial charge in [-0.15, -0.1) is 0 Å². The van der Waals surface area contributed by atoms with Crippen LogP contribution in [0.15, 0.2) is 53.5 Å². The molecule has 2 aromatic rings. The van der Waals surface area contributed by atoms with Gasteiger partial charge in [-0.1, -0.05) is 24.3 Å². The number of hydrogen-bond donors (Lipinski definition) is 2. The summed E-state index contributed by atoms with van der Waals surface area (Å²) in [6.07, 6.45) is 1.82. The Kier molecular flexibility index (Phi) is 4.32. The molecule has 0 amide bonds. The highest BCUT2D eigenvalue weighted by Gasteiger charge is 2.41. The summed E-state index contributed by atoms with van der Waals surface area (Å²) in [5.74, 6) is 1.86. The Bertz CT molecular complexity index is 782. The van der Waals surface area contributed by atoms with E-state index in [0.29, 0.717) is 6.54 Å². The molecule has 4 rings (SSSR count). The Labute approximate surface area is 148 Å². The molecule has 0 saturated carbocycles. The Morgan fingerprint density at radius 3 is 2.68 bits per heavy atom. The summed E-state index contributed by atoms with van der Waals surface area (Å²) >= 11 is 0. The predicted molar refractivity (Wildman–Crippen MR) is 101 cm³/mol. The van der Waals surface area contributed by atoms with Crippen molar-refractivity contribution in [3.05, 3.63) is 54.1 Å². The van der Waals surface area contributed by atoms with Crippen LogP contribution >= 0.6 is 0 Å². The topological polar surface area (TPSA) is 54.9 Å². The summed E-state index contributed by atoms with van der Waals surface area (Å²) in [7, 11) is 1.69. The highest BCUT2D eigenvalue weighted by atomic mass is 16.5. The minimum absolute atomic E-state index is 0.175. The van der Waals surface area contributed by atoms with Gasteiger partial charge in [-0.05, 0) is 29.8 Å². The van der Waals surface area contributed by atoms with Crippen molar-refractivity contribution < 1.29 is 9.47 Å². The number of hydrogen-bond acceptors (Lipinski definition) is 4. The van der Waals surface area contributed by atoms with Crippen LogP contribution in [0.5, 0.6) is 5.75 Å². The Morgan fingerprint density at radius 1 is 1.08 bits per heavy atom. The van der Waals surface area contributed by atoms with Gasteiger partial charge in [0.25, 0.3) is 0 Å². The van der Waals surface area contributed by atoms with Crippen molar-refractivity contribution in [2.24, 2.45) is 4.99 Å². The second kappa shape index (κ2) is 6.76. The molecule has 5 nitrogen and oxygen atoms in total. The first kappa shape index (κ1) is 16.0. The van der Waals surface area contributed by atoms with Crippen molar-refractivity contribution in [2.45, 2.75) is 24.9 Å². The molecule has 130 valence electrons. The number of fused-ring (bicyclic) bond motifs is 1. The molecule has 0 atom stereocenters. The fourth-order valence-corrected chi connectivity index (χ4v) is 3.48. The van der Waals surface area contributed by atoms with Gasteiger partial charge in [0, 0.05) is 26.1 Å². The fourth-order valence-electron chi connectivity index (χ4n) is 3.48. The average molecular weight is 337 g/mol. The molecular weight excluding hydrogens is 314 g/mol. The molecule has 2 aromatic carbocycles. The number of rotatable bonds is 3. The van der Waals surface area contributed by atoms with E-state index in [0.717, 1.165) is 54.6 Å². The van der Waals surface area contributed by atoms with Gasteiger partial charge in [0.1, 0.15) is 11.6 Å². The number of aliphatic imine (C=N–C) groups is 1. The number of nitrogens with one attached hydrogen (secondary N) is 2. The van der Waals surface area contributed by atoms with Crippen LogP contribution in [-0.2, 0) is 11.3 Å². The molecule has 1 spiro atoms. The highest BCUT2D eigenvalue weighted by Crippen LogP contribution is 2.36. The van der Waals surface area contributed by atoms with Crippen molar-refractivity contribution in [1.29, 1.82) is 0 Å². The molecule has 0 radical (unpaired) electrons. The molecule has 2 heterocycles. The van der Waals surface area contributed by atoms with E-state index in [1.54, 1.807) is 7.11 Å². The lowest BCUT2D eigenvalue weighted by Gasteiger charge is -2.43. The maximum Gasteiger partial charge on any atom is 0.127 e. The van der Waals surface area contributed by atoms with Gasteiger partial charge in [-0.2, -0.15) is 0 Å². The summed E-state index contributed by atoms with van der Waals surface area (Å²) in [5, 5.41) is 7.28. The number of benzene rings is 2. The minimum Gasteiger partial charge on any atom is -0.497 e. The fraction of sp³-hybridized carbons (Fsp3) is 0.350. The van der Waals surface area contributed by atoms with Gasteiger partial charge in [0.15, 0.2) is 0 Å². The monoisotopic (exact) mass is 337 g/mol. The van der Waals surface area contributed by atoms with Crippen LogP contribution in [0.1, 0.15) is 18.4 Å². The molecule has 0 aliphatic carbocycles. The van der Waals surface area contributed by atoms with Crippen molar-refractivity contribution in [3.8, 4) is 5.75 Å². The van der Waals surface area contributed by atoms with Gasteiger partial charge in [-0.3, -0.25) is 4.99 Å². The number of ether oxygens (including phenoxy) is 2. The van der Waals surface area contributed by atoms with Crippen LogP contribution in [0.4, 0.5) is 11.4 Å². The first-order chi connectivity index (χ1) is 12.3. The molecule has 2 aliphatic rings. The van der Waals surface area contributed by atoms with Gasteiger partial charge < -0.3 is 20.1 Å². The molecule has 2 N–H and O–H groups in total.